The molecule has 2 N–H and O–H groups in total. The van der Waals surface area contributed by atoms with Crippen LogP contribution in [0.5, 0.6) is 5.75 Å². The van der Waals surface area contributed by atoms with Crippen LogP contribution in [0.3, 0.4) is 0 Å². The second-order valence-corrected chi connectivity index (χ2v) is 4.76. The minimum absolute atomic E-state index is 0. The Bertz CT molecular complexity index is 639. The molecule has 0 aliphatic carbocycles. The molecule has 0 unspecified atom stereocenters. The first-order valence-electron chi connectivity index (χ1n) is 6.45. The monoisotopic (exact) mass is 350 g/mol. The van der Waals surface area contributed by atoms with Crippen LogP contribution >= 0.6 is 0 Å². The fraction of sp³-hybridized carbons (Fsp3) is 0.250. The number of methoxy groups -OCH3 is 1. The summed E-state index contributed by atoms with van der Waals surface area (Å²) in [7, 11) is 1.60. The molecule has 5 heteroatoms. The van der Waals surface area contributed by atoms with Crippen molar-refractivity contribution in [3.8, 4) is 5.75 Å². The number of aromatic nitrogens is 1. The van der Waals surface area contributed by atoms with Gasteiger partial charge >= 0.3 is 0 Å². The first kappa shape index (κ1) is 17.2. The average molecular weight is 351 g/mol. The van der Waals surface area contributed by atoms with E-state index in [9.17, 15) is 4.79 Å². The Morgan fingerprint density at radius 1 is 1.19 bits per heavy atom. The molecule has 0 saturated heterocycles. The molecule has 2 rings (SSSR count). The normalized spacial score (nSPS) is 9.86. The first-order valence-corrected chi connectivity index (χ1v) is 6.45. The third-order valence-corrected chi connectivity index (χ3v) is 3.57. The molecule has 1 aromatic heterocycles. The van der Waals surface area contributed by atoms with Crippen LogP contribution in [-0.2, 0) is 6.54 Å². The maximum atomic E-state index is 12.3. The van der Waals surface area contributed by atoms with E-state index < -0.39 is 0 Å². The van der Waals surface area contributed by atoms with E-state index in [0.717, 1.165) is 22.7 Å². The number of Topliss-reactive ketones (excluding diaryl/α,β-unsaturated/α-hetero) is 1. The molecule has 2 aromatic rings. The minimum Gasteiger partial charge on any atom is -1.00 e. The molecule has 112 valence electrons. The molecule has 21 heavy (non-hydrogen) atoms. The predicted octanol–water partition coefficient (Wildman–Crippen LogP) is -0.931. The second-order valence-electron chi connectivity index (χ2n) is 4.76. The Morgan fingerprint density at radius 2 is 1.81 bits per heavy atom. The van der Waals surface area contributed by atoms with Crippen molar-refractivity contribution < 1.29 is 31.1 Å². The SMILES string of the molecule is COc1ccc(C(=O)C[n+]2ccc(N)c(C)c2C)cc1.[Br-]. The summed E-state index contributed by atoms with van der Waals surface area (Å²) in [6, 6.07) is 8.96. The predicted molar refractivity (Wildman–Crippen MR) is 77.8 cm³/mol. The largest absolute Gasteiger partial charge is 1.00 e. The van der Waals surface area contributed by atoms with Gasteiger partial charge in [0.1, 0.15) is 5.75 Å². The van der Waals surface area contributed by atoms with Gasteiger partial charge in [0.2, 0.25) is 12.3 Å². The van der Waals surface area contributed by atoms with Crippen LogP contribution in [0.25, 0.3) is 0 Å². The number of pyridine rings is 1. The van der Waals surface area contributed by atoms with Crippen molar-refractivity contribution >= 4 is 11.5 Å². The molecule has 0 radical (unpaired) electrons. The van der Waals surface area contributed by atoms with Crippen LogP contribution < -0.4 is 32.0 Å². The maximum Gasteiger partial charge on any atom is 0.227 e. The van der Waals surface area contributed by atoms with E-state index >= 15 is 0 Å². The second kappa shape index (κ2) is 7.22. The van der Waals surface area contributed by atoms with Gasteiger partial charge in [-0.25, -0.2) is 0 Å². The number of carbonyl (C=O) groups excluding carboxylic acids is 1. The lowest BCUT2D eigenvalue weighted by Crippen LogP contribution is -3.00. The van der Waals surface area contributed by atoms with Crippen molar-refractivity contribution in [1.82, 2.24) is 0 Å². The highest BCUT2D eigenvalue weighted by Gasteiger charge is 2.17. The van der Waals surface area contributed by atoms with Crippen molar-refractivity contribution in [2.45, 2.75) is 20.4 Å². The van der Waals surface area contributed by atoms with Gasteiger partial charge in [-0.2, -0.15) is 4.57 Å². The number of benzene rings is 1. The minimum atomic E-state index is 0. The number of carbonyl (C=O) groups is 1. The third kappa shape index (κ3) is 3.82. The molecular formula is C16H19BrN2O2. The molecular weight excluding hydrogens is 332 g/mol. The summed E-state index contributed by atoms with van der Waals surface area (Å²) in [6.07, 6.45) is 1.85. The van der Waals surface area contributed by atoms with E-state index in [1.165, 1.54) is 0 Å². The van der Waals surface area contributed by atoms with Crippen LogP contribution in [0.15, 0.2) is 36.5 Å². The highest BCUT2D eigenvalue weighted by Crippen LogP contribution is 2.13. The lowest BCUT2D eigenvalue weighted by Gasteiger charge is -2.05. The Kier molecular flexibility index (Phi) is 5.90. The van der Waals surface area contributed by atoms with Crippen molar-refractivity contribution in [3.63, 3.8) is 0 Å². The number of nitrogens with zero attached hydrogens (tertiary/aromatic N) is 1. The number of rotatable bonds is 4. The van der Waals surface area contributed by atoms with E-state index in [4.69, 9.17) is 10.5 Å². The summed E-state index contributed by atoms with van der Waals surface area (Å²) in [6.45, 7) is 4.23. The fourth-order valence-corrected chi connectivity index (χ4v) is 2.03. The molecule has 0 aliphatic rings. The molecule has 0 atom stereocenters. The Labute approximate surface area is 135 Å². The first-order chi connectivity index (χ1) is 9.52. The van der Waals surface area contributed by atoms with Crippen molar-refractivity contribution in [1.29, 1.82) is 0 Å². The Balaban J connectivity index is 0.00000220. The standard InChI is InChI=1S/C16H18N2O2.BrH/c1-11-12(2)18(9-8-15(11)17)10-16(19)13-4-6-14(20-3)7-5-13;/h4-9,17H,10H2,1-3H3;1H. The molecule has 1 aromatic carbocycles. The zero-order chi connectivity index (χ0) is 14.7. The smallest absolute Gasteiger partial charge is 0.227 e. The number of nitrogen functional groups attached to an aromatic ring is 1. The average Bonchev–Trinajstić information content (AvgIpc) is 2.48. The number of anilines is 1. The molecule has 0 saturated carbocycles. The van der Waals surface area contributed by atoms with Gasteiger partial charge in [-0.1, -0.05) is 0 Å². The number of nitrogens with two attached hydrogens (primary N) is 1. The van der Waals surface area contributed by atoms with Gasteiger partial charge < -0.3 is 27.5 Å². The van der Waals surface area contributed by atoms with Gasteiger partial charge in [-0.3, -0.25) is 4.79 Å². The van der Waals surface area contributed by atoms with E-state index in [1.54, 1.807) is 31.4 Å². The molecule has 0 aliphatic heterocycles. The number of hydrogen-bond donors (Lipinski definition) is 1. The number of ether oxygens (including phenoxy) is 1. The van der Waals surface area contributed by atoms with Gasteiger partial charge in [-0.15, -0.1) is 0 Å². The lowest BCUT2D eigenvalue weighted by atomic mass is 10.1. The quantitative estimate of drug-likeness (QED) is 0.572. The summed E-state index contributed by atoms with van der Waals surface area (Å²) in [5.41, 5.74) is 9.29. The van der Waals surface area contributed by atoms with E-state index in [1.807, 2.05) is 30.7 Å². The Morgan fingerprint density at radius 3 is 2.38 bits per heavy atom. The number of ketones is 1. The van der Waals surface area contributed by atoms with Gasteiger partial charge in [-0.05, 0) is 31.2 Å². The summed E-state index contributed by atoms with van der Waals surface area (Å²) >= 11 is 0. The molecule has 0 fully saturated rings. The van der Waals surface area contributed by atoms with Crippen LogP contribution in [0, 0.1) is 13.8 Å². The van der Waals surface area contributed by atoms with Crippen LogP contribution in [0.4, 0.5) is 5.69 Å². The van der Waals surface area contributed by atoms with Crippen LogP contribution in [0.1, 0.15) is 21.6 Å². The molecule has 0 spiro atoms. The summed E-state index contributed by atoms with van der Waals surface area (Å²) < 4.78 is 7.00. The van der Waals surface area contributed by atoms with E-state index in [-0.39, 0.29) is 22.8 Å². The molecule has 4 nitrogen and oxygen atoms in total. The zero-order valence-electron chi connectivity index (χ0n) is 12.4. The fourth-order valence-electron chi connectivity index (χ4n) is 2.03. The topological polar surface area (TPSA) is 56.2 Å². The Hall–Kier alpha value is -1.88. The summed E-state index contributed by atoms with van der Waals surface area (Å²) in [5.74, 6) is 0.804. The van der Waals surface area contributed by atoms with E-state index in [0.29, 0.717) is 12.1 Å². The van der Waals surface area contributed by atoms with Gasteiger partial charge in [0.25, 0.3) is 0 Å². The maximum absolute atomic E-state index is 12.3. The van der Waals surface area contributed by atoms with Gasteiger partial charge in [0.05, 0.1) is 7.11 Å². The third-order valence-electron chi connectivity index (χ3n) is 3.57. The zero-order valence-corrected chi connectivity index (χ0v) is 14.0. The number of halogens is 1. The van der Waals surface area contributed by atoms with Gasteiger partial charge in [0, 0.05) is 29.8 Å². The summed E-state index contributed by atoms with van der Waals surface area (Å²) in [5, 5.41) is 0. The van der Waals surface area contributed by atoms with E-state index in [2.05, 4.69) is 0 Å². The molecule has 0 bridgehead atoms. The lowest BCUT2D eigenvalue weighted by molar-refractivity contribution is -0.689. The van der Waals surface area contributed by atoms with Crippen LogP contribution in [0.2, 0.25) is 0 Å². The molecule has 0 amide bonds. The van der Waals surface area contributed by atoms with Crippen molar-refractivity contribution in [3.05, 3.63) is 53.3 Å². The van der Waals surface area contributed by atoms with Crippen molar-refractivity contribution in [2.24, 2.45) is 0 Å². The van der Waals surface area contributed by atoms with Gasteiger partial charge in [0.15, 0.2) is 11.9 Å². The molecule has 1 heterocycles. The highest BCUT2D eigenvalue weighted by atomic mass is 79.9. The summed E-state index contributed by atoms with van der Waals surface area (Å²) in [4.78, 5) is 12.3. The number of hydrogen-bond acceptors (Lipinski definition) is 3. The van der Waals surface area contributed by atoms with Crippen molar-refractivity contribution in [2.75, 3.05) is 12.8 Å². The van der Waals surface area contributed by atoms with Crippen LogP contribution in [-0.4, -0.2) is 12.9 Å². The highest BCUT2D eigenvalue weighted by molar-refractivity contribution is 5.95.